The summed E-state index contributed by atoms with van der Waals surface area (Å²) in [7, 11) is 1.58. The molecule has 0 radical (unpaired) electrons. The SMILES string of the molecule is COc1ccc(C(=O)NCc2ccc(NC(=O)C3CC3)cc2)cc1Br. The molecule has 0 saturated heterocycles. The van der Waals surface area contributed by atoms with Crippen molar-refractivity contribution in [2.24, 2.45) is 5.92 Å². The molecule has 2 aromatic carbocycles. The lowest BCUT2D eigenvalue weighted by molar-refractivity contribution is -0.117. The summed E-state index contributed by atoms with van der Waals surface area (Å²) in [5.74, 6) is 0.795. The number of anilines is 1. The molecule has 0 unspecified atom stereocenters. The van der Waals surface area contributed by atoms with E-state index in [1.165, 1.54) is 0 Å². The molecular formula is C19H19BrN2O3. The highest BCUT2D eigenvalue weighted by Gasteiger charge is 2.29. The molecule has 5 nitrogen and oxygen atoms in total. The Labute approximate surface area is 154 Å². The lowest BCUT2D eigenvalue weighted by Crippen LogP contribution is -2.22. The molecule has 1 saturated carbocycles. The molecule has 0 heterocycles. The van der Waals surface area contributed by atoms with Gasteiger partial charge in [0, 0.05) is 23.7 Å². The Kier molecular flexibility index (Phi) is 5.38. The van der Waals surface area contributed by atoms with Crippen LogP contribution < -0.4 is 15.4 Å². The lowest BCUT2D eigenvalue weighted by atomic mass is 10.1. The van der Waals surface area contributed by atoms with Crippen LogP contribution in [0.1, 0.15) is 28.8 Å². The maximum atomic E-state index is 12.2. The second-order valence-corrected chi connectivity index (χ2v) is 6.85. The molecule has 130 valence electrons. The van der Waals surface area contributed by atoms with E-state index >= 15 is 0 Å². The largest absolute Gasteiger partial charge is 0.496 e. The van der Waals surface area contributed by atoms with E-state index in [1.807, 2.05) is 24.3 Å². The topological polar surface area (TPSA) is 67.4 Å². The molecule has 0 atom stereocenters. The van der Waals surface area contributed by atoms with Gasteiger partial charge in [0.25, 0.3) is 5.91 Å². The highest BCUT2D eigenvalue weighted by Crippen LogP contribution is 2.30. The van der Waals surface area contributed by atoms with E-state index in [-0.39, 0.29) is 17.7 Å². The number of methoxy groups -OCH3 is 1. The fourth-order valence-electron chi connectivity index (χ4n) is 2.39. The van der Waals surface area contributed by atoms with Gasteiger partial charge < -0.3 is 15.4 Å². The van der Waals surface area contributed by atoms with Crippen LogP contribution in [0.2, 0.25) is 0 Å². The summed E-state index contributed by atoms with van der Waals surface area (Å²) in [6, 6.07) is 12.7. The van der Waals surface area contributed by atoms with E-state index in [4.69, 9.17) is 4.74 Å². The molecule has 3 rings (SSSR count). The van der Waals surface area contributed by atoms with Gasteiger partial charge in [-0.25, -0.2) is 0 Å². The van der Waals surface area contributed by atoms with E-state index in [1.54, 1.807) is 25.3 Å². The van der Waals surface area contributed by atoms with Crippen molar-refractivity contribution in [1.29, 1.82) is 0 Å². The van der Waals surface area contributed by atoms with Crippen LogP contribution in [0.5, 0.6) is 5.75 Å². The van der Waals surface area contributed by atoms with Crippen molar-refractivity contribution >= 4 is 33.4 Å². The van der Waals surface area contributed by atoms with Crippen molar-refractivity contribution in [3.63, 3.8) is 0 Å². The van der Waals surface area contributed by atoms with Crippen LogP contribution in [0.4, 0.5) is 5.69 Å². The third kappa shape index (κ3) is 4.60. The standard InChI is InChI=1S/C19H19BrN2O3/c1-25-17-9-6-14(10-16(17)20)18(23)21-11-12-2-7-15(8-3-12)22-19(24)13-4-5-13/h2-3,6-10,13H,4-5,11H2,1H3,(H,21,23)(H,22,24). The van der Waals surface area contributed by atoms with Crippen molar-refractivity contribution < 1.29 is 14.3 Å². The normalized spacial score (nSPS) is 13.2. The fourth-order valence-corrected chi connectivity index (χ4v) is 2.93. The Morgan fingerprint density at radius 2 is 1.88 bits per heavy atom. The summed E-state index contributed by atoms with van der Waals surface area (Å²) in [5.41, 5.74) is 2.30. The van der Waals surface area contributed by atoms with Crippen molar-refractivity contribution in [2.75, 3.05) is 12.4 Å². The maximum absolute atomic E-state index is 12.2. The molecule has 2 aromatic rings. The van der Waals surface area contributed by atoms with Crippen molar-refractivity contribution in [3.8, 4) is 5.75 Å². The first-order valence-electron chi connectivity index (χ1n) is 8.08. The van der Waals surface area contributed by atoms with Crippen LogP contribution in [-0.2, 0) is 11.3 Å². The van der Waals surface area contributed by atoms with Crippen LogP contribution in [0.25, 0.3) is 0 Å². The number of halogens is 1. The minimum Gasteiger partial charge on any atom is -0.496 e. The van der Waals surface area contributed by atoms with Gasteiger partial charge in [0.05, 0.1) is 11.6 Å². The van der Waals surface area contributed by atoms with Crippen LogP contribution in [0.3, 0.4) is 0 Å². The first-order chi connectivity index (χ1) is 12.1. The third-order valence-corrected chi connectivity index (χ3v) is 4.66. The molecule has 2 amide bonds. The number of rotatable bonds is 6. The number of ether oxygens (including phenoxy) is 1. The second kappa shape index (κ2) is 7.70. The molecule has 1 aliphatic rings. The molecule has 0 bridgehead atoms. The van der Waals surface area contributed by atoms with Gasteiger partial charge in [0.1, 0.15) is 5.75 Å². The van der Waals surface area contributed by atoms with Gasteiger partial charge in [0.15, 0.2) is 0 Å². The first kappa shape index (κ1) is 17.5. The zero-order valence-corrected chi connectivity index (χ0v) is 15.4. The summed E-state index contributed by atoms with van der Waals surface area (Å²) in [4.78, 5) is 24.0. The average molecular weight is 403 g/mol. The average Bonchev–Trinajstić information content (AvgIpc) is 3.46. The van der Waals surface area contributed by atoms with Crippen LogP contribution >= 0.6 is 15.9 Å². The van der Waals surface area contributed by atoms with E-state index in [0.717, 1.165) is 28.6 Å². The molecule has 0 spiro atoms. The van der Waals surface area contributed by atoms with E-state index in [2.05, 4.69) is 26.6 Å². The van der Waals surface area contributed by atoms with Crippen LogP contribution in [0.15, 0.2) is 46.9 Å². The Balaban J connectivity index is 1.54. The smallest absolute Gasteiger partial charge is 0.251 e. The first-order valence-corrected chi connectivity index (χ1v) is 8.87. The number of hydrogen-bond donors (Lipinski definition) is 2. The predicted octanol–water partition coefficient (Wildman–Crippen LogP) is 3.74. The van der Waals surface area contributed by atoms with E-state index in [0.29, 0.717) is 17.9 Å². The zero-order valence-electron chi connectivity index (χ0n) is 13.8. The zero-order chi connectivity index (χ0) is 17.8. The van der Waals surface area contributed by atoms with Gasteiger partial charge in [0.2, 0.25) is 5.91 Å². The van der Waals surface area contributed by atoms with Gasteiger partial charge in [-0.3, -0.25) is 9.59 Å². The third-order valence-electron chi connectivity index (χ3n) is 4.04. The molecule has 2 N–H and O–H groups in total. The summed E-state index contributed by atoms with van der Waals surface area (Å²) < 4.78 is 5.89. The van der Waals surface area contributed by atoms with Gasteiger partial charge in [-0.05, 0) is 64.7 Å². The molecule has 1 aliphatic carbocycles. The minimum atomic E-state index is -0.158. The molecule has 0 aliphatic heterocycles. The van der Waals surface area contributed by atoms with E-state index < -0.39 is 0 Å². The number of carbonyl (C=O) groups excluding carboxylic acids is 2. The monoisotopic (exact) mass is 402 g/mol. The fraction of sp³-hybridized carbons (Fsp3) is 0.263. The van der Waals surface area contributed by atoms with Gasteiger partial charge in [-0.15, -0.1) is 0 Å². The maximum Gasteiger partial charge on any atom is 0.251 e. The lowest BCUT2D eigenvalue weighted by Gasteiger charge is -2.09. The molecular weight excluding hydrogens is 384 g/mol. The predicted molar refractivity (Wildman–Crippen MR) is 99.7 cm³/mol. The second-order valence-electron chi connectivity index (χ2n) is 5.99. The van der Waals surface area contributed by atoms with Crippen LogP contribution in [-0.4, -0.2) is 18.9 Å². The summed E-state index contributed by atoms with van der Waals surface area (Å²) in [6.07, 6.45) is 1.97. The number of benzene rings is 2. The highest BCUT2D eigenvalue weighted by atomic mass is 79.9. The number of carbonyl (C=O) groups is 2. The summed E-state index contributed by atoms with van der Waals surface area (Å²) in [6.45, 7) is 0.416. The molecule has 6 heteroatoms. The van der Waals surface area contributed by atoms with Gasteiger partial charge >= 0.3 is 0 Å². The van der Waals surface area contributed by atoms with Crippen molar-refractivity contribution in [2.45, 2.75) is 19.4 Å². The van der Waals surface area contributed by atoms with E-state index in [9.17, 15) is 9.59 Å². The highest BCUT2D eigenvalue weighted by molar-refractivity contribution is 9.10. The molecule has 1 fully saturated rings. The summed E-state index contributed by atoms with van der Waals surface area (Å²) in [5, 5.41) is 5.78. The molecule has 0 aromatic heterocycles. The van der Waals surface area contributed by atoms with Crippen LogP contribution in [0, 0.1) is 5.92 Å². The Morgan fingerprint density at radius 3 is 2.48 bits per heavy atom. The number of nitrogens with one attached hydrogen (secondary N) is 2. The number of amides is 2. The minimum absolute atomic E-state index is 0.0890. The Hall–Kier alpha value is -2.34. The Morgan fingerprint density at radius 1 is 1.16 bits per heavy atom. The Bertz CT molecular complexity index is 786. The summed E-state index contributed by atoms with van der Waals surface area (Å²) >= 11 is 3.37. The van der Waals surface area contributed by atoms with Crippen molar-refractivity contribution in [3.05, 3.63) is 58.1 Å². The van der Waals surface area contributed by atoms with Gasteiger partial charge in [-0.2, -0.15) is 0 Å². The molecule has 25 heavy (non-hydrogen) atoms. The van der Waals surface area contributed by atoms with Crippen molar-refractivity contribution in [1.82, 2.24) is 5.32 Å². The quantitative estimate of drug-likeness (QED) is 0.773. The number of hydrogen-bond acceptors (Lipinski definition) is 3. The van der Waals surface area contributed by atoms with Gasteiger partial charge in [-0.1, -0.05) is 12.1 Å².